The Labute approximate surface area is 356 Å². The molecule has 2 aromatic heterocycles. The standard InChI is InChI=1S/C44H50N8O10/c53-41(37(49-43(55)56)23-5-11-59-12-6-23)51-9-1-3-31(51)39-45-19-29(47-39)25-15-27-21-62-34-18-26(16-28-22-61-33(17-25)35(27)36(28)34)30-20-46-40(48-30)32-4-2-10-52(32)42(54)38(50-44(57)58)24-7-13-60-14-8-24/h15-20,23-24,31-32,37-38,49-50H,1-14,21-22H2,(H,45,47)(H,46,48)(H,55,56)(H,57,58)/t31-,32?,37-,38?/m0/s1. The number of carboxylic acid groups (broad SMARTS) is 2. The van der Waals surface area contributed by atoms with Gasteiger partial charge in [0.25, 0.3) is 0 Å². The Morgan fingerprint density at radius 2 is 1.05 bits per heavy atom. The lowest BCUT2D eigenvalue weighted by Gasteiger charge is -2.33. The number of amides is 4. The lowest BCUT2D eigenvalue weighted by molar-refractivity contribution is -0.137. The molecule has 2 aromatic carbocycles. The number of nitrogens with one attached hydrogen (secondary N) is 4. The quantitative estimate of drug-likeness (QED) is 0.118. The molecule has 4 amide bonds. The summed E-state index contributed by atoms with van der Waals surface area (Å²) in [5, 5.41) is 24.2. The number of imidazole rings is 2. The molecule has 6 aliphatic heterocycles. The topological polar surface area (TPSA) is 234 Å². The second kappa shape index (κ2) is 16.6. The Hall–Kier alpha value is -6.14. The first-order valence-electron chi connectivity index (χ1n) is 21.7. The third-order valence-electron chi connectivity index (χ3n) is 13.5. The normalized spacial score (nSPS) is 22.0. The Morgan fingerprint density at radius 3 is 1.45 bits per heavy atom. The van der Waals surface area contributed by atoms with Crippen LogP contribution in [0.1, 0.15) is 86.2 Å². The minimum absolute atomic E-state index is 0.134. The maximum absolute atomic E-state index is 13.9. The zero-order valence-electron chi connectivity index (χ0n) is 34.2. The average molecular weight is 851 g/mol. The summed E-state index contributed by atoms with van der Waals surface area (Å²) in [5.74, 6) is 2.05. The number of aromatic nitrogens is 4. The van der Waals surface area contributed by atoms with Crippen molar-refractivity contribution in [2.24, 2.45) is 11.8 Å². The van der Waals surface area contributed by atoms with Gasteiger partial charge in [0.1, 0.15) is 48.4 Å². The second-order valence-electron chi connectivity index (χ2n) is 17.1. The fourth-order valence-electron chi connectivity index (χ4n) is 10.4. The summed E-state index contributed by atoms with van der Waals surface area (Å²) in [5.41, 5.74) is 7.20. The van der Waals surface area contributed by atoms with Gasteiger partial charge in [-0.2, -0.15) is 0 Å². The molecule has 4 fully saturated rings. The van der Waals surface area contributed by atoms with Gasteiger partial charge in [-0.3, -0.25) is 9.59 Å². The number of ether oxygens (including phenoxy) is 4. The fraction of sp³-hybridized carbons (Fsp3) is 0.500. The van der Waals surface area contributed by atoms with Gasteiger partial charge in [0, 0.05) is 72.9 Å². The van der Waals surface area contributed by atoms with Crippen molar-refractivity contribution in [3.63, 3.8) is 0 Å². The van der Waals surface area contributed by atoms with Crippen molar-refractivity contribution in [3.8, 4) is 45.1 Å². The molecule has 6 aliphatic rings. The van der Waals surface area contributed by atoms with Crippen LogP contribution in [0.15, 0.2) is 36.7 Å². The number of aromatic amines is 2. The predicted octanol–water partition coefficient (Wildman–Crippen LogP) is 5.37. The van der Waals surface area contributed by atoms with Gasteiger partial charge in [-0.15, -0.1) is 0 Å². The van der Waals surface area contributed by atoms with Crippen molar-refractivity contribution >= 4 is 24.0 Å². The molecule has 62 heavy (non-hydrogen) atoms. The summed E-state index contributed by atoms with van der Waals surface area (Å²) in [6, 6.07) is 5.86. The number of likely N-dealkylation sites (tertiary alicyclic amines) is 2. The second-order valence-corrected chi connectivity index (χ2v) is 17.1. The number of carbonyl (C=O) groups is 4. The van der Waals surface area contributed by atoms with E-state index in [9.17, 15) is 29.4 Å². The van der Waals surface area contributed by atoms with Crippen molar-refractivity contribution < 1.29 is 48.3 Å². The molecule has 10 rings (SSSR count). The van der Waals surface area contributed by atoms with Gasteiger partial charge in [0.15, 0.2) is 0 Å². The van der Waals surface area contributed by atoms with E-state index in [1.165, 1.54) is 0 Å². The van der Waals surface area contributed by atoms with Crippen LogP contribution in [0.2, 0.25) is 0 Å². The highest BCUT2D eigenvalue weighted by atomic mass is 16.5. The molecule has 8 heterocycles. The lowest BCUT2D eigenvalue weighted by Crippen LogP contribution is -2.52. The highest BCUT2D eigenvalue weighted by Crippen LogP contribution is 2.51. The third-order valence-corrected chi connectivity index (χ3v) is 13.5. The van der Waals surface area contributed by atoms with E-state index in [2.05, 4.69) is 32.7 Å². The van der Waals surface area contributed by atoms with Gasteiger partial charge < -0.3 is 59.6 Å². The molecule has 0 aliphatic carbocycles. The Balaban J connectivity index is 0.869. The monoisotopic (exact) mass is 850 g/mol. The molecule has 0 bridgehead atoms. The Morgan fingerprint density at radius 1 is 0.629 bits per heavy atom. The highest BCUT2D eigenvalue weighted by molar-refractivity contribution is 5.89. The van der Waals surface area contributed by atoms with E-state index in [1.54, 1.807) is 22.2 Å². The van der Waals surface area contributed by atoms with Gasteiger partial charge >= 0.3 is 12.2 Å². The maximum atomic E-state index is 13.9. The third kappa shape index (κ3) is 7.48. The summed E-state index contributed by atoms with van der Waals surface area (Å²) >= 11 is 0. The summed E-state index contributed by atoms with van der Waals surface area (Å²) < 4.78 is 23.8. The number of benzene rings is 2. The van der Waals surface area contributed by atoms with E-state index in [0.717, 1.165) is 69.1 Å². The molecule has 6 N–H and O–H groups in total. The first-order chi connectivity index (χ1) is 30.2. The zero-order chi connectivity index (χ0) is 42.5. The number of hydrogen-bond donors (Lipinski definition) is 6. The number of hydrogen-bond acceptors (Lipinski definition) is 10. The number of nitrogens with zero attached hydrogens (tertiary/aromatic N) is 4. The van der Waals surface area contributed by atoms with Crippen molar-refractivity contribution in [3.05, 3.63) is 59.4 Å². The fourth-order valence-corrected chi connectivity index (χ4v) is 10.4. The van der Waals surface area contributed by atoms with Crippen LogP contribution in [0.25, 0.3) is 33.6 Å². The molecule has 4 aromatic rings. The summed E-state index contributed by atoms with van der Waals surface area (Å²) in [7, 11) is 0. The largest absolute Gasteiger partial charge is 0.488 e. The molecule has 0 spiro atoms. The maximum Gasteiger partial charge on any atom is 0.405 e. The Bertz CT molecular complexity index is 2170. The number of H-pyrrole nitrogens is 2. The van der Waals surface area contributed by atoms with E-state index < -0.39 is 24.3 Å². The van der Waals surface area contributed by atoms with Crippen LogP contribution in [-0.4, -0.2) is 116 Å². The SMILES string of the molecule is O=C(O)NC(C(=O)N1CCCC1c1ncc(-c2cc3c4c(c2)OCc2cc(-c5cnc([C@@H]6CCCN6C(=O)[C@@H](NC(=O)O)C6CCOCC6)[nH]5)cc(c2-4)OC3)[nH]1)C1CCOCC1. The summed E-state index contributed by atoms with van der Waals surface area (Å²) in [6.07, 6.45) is 6.56. The molecule has 4 atom stereocenters. The molecule has 326 valence electrons. The van der Waals surface area contributed by atoms with E-state index in [-0.39, 0.29) is 35.7 Å². The summed E-state index contributed by atoms with van der Waals surface area (Å²) in [6.45, 7) is 3.67. The summed E-state index contributed by atoms with van der Waals surface area (Å²) in [4.78, 5) is 71.3. The van der Waals surface area contributed by atoms with Crippen LogP contribution in [0.4, 0.5) is 9.59 Å². The first-order valence-corrected chi connectivity index (χ1v) is 21.7. The molecular formula is C44H50N8O10. The van der Waals surface area contributed by atoms with Crippen LogP contribution in [-0.2, 0) is 32.3 Å². The molecule has 18 heteroatoms. The van der Waals surface area contributed by atoms with E-state index in [1.807, 2.05) is 12.1 Å². The van der Waals surface area contributed by atoms with Crippen LogP contribution in [0, 0.1) is 11.8 Å². The number of carbonyl (C=O) groups excluding carboxylic acids is 2. The van der Waals surface area contributed by atoms with Gasteiger partial charge in [-0.05, 0) is 87.5 Å². The molecular weight excluding hydrogens is 801 g/mol. The van der Waals surface area contributed by atoms with Crippen molar-refractivity contribution in [2.75, 3.05) is 39.5 Å². The first kappa shape index (κ1) is 40.0. The van der Waals surface area contributed by atoms with Crippen LogP contribution in [0.3, 0.4) is 0 Å². The molecule has 0 radical (unpaired) electrons. The number of rotatable bonds is 10. The van der Waals surface area contributed by atoms with Crippen molar-refractivity contribution in [1.29, 1.82) is 0 Å². The van der Waals surface area contributed by atoms with Crippen LogP contribution < -0.4 is 20.1 Å². The molecule has 0 saturated carbocycles. The van der Waals surface area contributed by atoms with E-state index >= 15 is 0 Å². The van der Waals surface area contributed by atoms with Crippen LogP contribution >= 0.6 is 0 Å². The molecule has 4 saturated heterocycles. The van der Waals surface area contributed by atoms with Crippen molar-refractivity contribution in [2.45, 2.75) is 88.7 Å². The lowest BCUT2D eigenvalue weighted by atomic mass is 9.87. The van der Waals surface area contributed by atoms with Gasteiger partial charge in [-0.1, -0.05) is 0 Å². The Kier molecular flexibility index (Phi) is 10.7. The van der Waals surface area contributed by atoms with Crippen LogP contribution in [0.5, 0.6) is 11.5 Å². The van der Waals surface area contributed by atoms with Gasteiger partial charge in [0.2, 0.25) is 11.8 Å². The highest BCUT2D eigenvalue weighted by Gasteiger charge is 2.42. The zero-order valence-corrected chi connectivity index (χ0v) is 34.2. The van der Waals surface area contributed by atoms with Gasteiger partial charge in [-0.25, -0.2) is 19.6 Å². The molecule has 18 nitrogen and oxygen atoms in total. The molecule has 2 unspecified atom stereocenters. The minimum atomic E-state index is -1.22. The predicted molar refractivity (Wildman–Crippen MR) is 220 cm³/mol. The van der Waals surface area contributed by atoms with E-state index in [0.29, 0.717) is 103 Å². The average Bonchev–Trinajstić information content (AvgIpc) is 4.14. The minimum Gasteiger partial charge on any atom is -0.488 e. The van der Waals surface area contributed by atoms with Crippen molar-refractivity contribution in [1.82, 2.24) is 40.4 Å². The smallest absolute Gasteiger partial charge is 0.405 e. The van der Waals surface area contributed by atoms with E-state index in [4.69, 9.17) is 28.9 Å². The van der Waals surface area contributed by atoms with Gasteiger partial charge in [0.05, 0.1) is 35.9 Å².